The number of hydrogen-bond donors (Lipinski definition) is 21. The molecule has 11 bridgehead atoms. The van der Waals surface area contributed by atoms with Gasteiger partial charge in [-0.1, -0.05) is 103 Å². The maximum atomic E-state index is 16.3. The van der Waals surface area contributed by atoms with Gasteiger partial charge in [-0.3, -0.25) is 42.9 Å². The monoisotopic (exact) mass is 1740 g/mol. The molecule has 18 atom stereocenters. The first kappa shape index (κ1) is 89.0. The molecule has 8 amide bonds. The number of fused-ring (bicyclic) bond motifs is 15. The molecule has 7 aliphatic heterocycles. The number of carbonyl (C=O) groups excluding carboxylic acids is 8. The molecule has 0 spiro atoms. The molecule has 7 heterocycles. The highest BCUT2D eigenvalue weighted by atomic mass is 35.5. The van der Waals surface area contributed by atoms with Crippen LogP contribution in [0.25, 0.3) is 22.3 Å². The van der Waals surface area contributed by atoms with E-state index in [0.29, 0.717) is 5.02 Å². The van der Waals surface area contributed by atoms with Crippen LogP contribution in [0.3, 0.4) is 0 Å². The Bertz CT molecular complexity index is 5130. The zero-order valence-corrected chi connectivity index (χ0v) is 67.6. The Morgan fingerprint density at radius 1 is 0.675 bits per heavy atom. The van der Waals surface area contributed by atoms with Crippen LogP contribution in [-0.2, 0) is 63.7 Å². The average molecular weight is 1740 g/mol. The molecule has 36 nitrogen and oxygen atoms in total. The minimum Gasteiger partial charge on any atom is -0.508 e. The molecule has 0 aliphatic carbocycles. The van der Waals surface area contributed by atoms with Crippen molar-refractivity contribution in [2.75, 3.05) is 19.9 Å². The molecule has 0 radical (unpaired) electrons. The topological polar surface area (TPSA) is 566 Å². The van der Waals surface area contributed by atoms with E-state index in [4.69, 9.17) is 69.0 Å². The van der Waals surface area contributed by atoms with E-state index >= 15 is 24.0 Å². The molecule has 14 rings (SSSR count). The van der Waals surface area contributed by atoms with Crippen molar-refractivity contribution < 1.29 is 127 Å². The fourth-order valence-corrected chi connectivity index (χ4v) is 15.6. The van der Waals surface area contributed by atoms with Gasteiger partial charge in [0.1, 0.15) is 102 Å². The summed E-state index contributed by atoms with van der Waals surface area (Å²) in [4.78, 5) is 139. The van der Waals surface area contributed by atoms with Crippen LogP contribution in [0.5, 0.6) is 46.0 Å². The van der Waals surface area contributed by atoms with Gasteiger partial charge in [-0.2, -0.15) is 0 Å². The second-order valence-electron chi connectivity index (χ2n) is 30.2. The number of rotatable bonds is 19. The van der Waals surface area contributed by atoms with Crippen molar-refractivity contribution in [2.24, 2.45) is 11.7 Å². The molecule has 2 fully saturated rings. The molecule has 0 saturated carbocycles. The van der Waals surface area contributed by atoms with E-state index < -0.39 is 256 Å². The quantitative estimate of drug-likeness (QED) is 0.0516. The summed E-state index contributed by atoms with van der Waals surface area (Å²) in [5, 5.41) is 129. The Labute approximate surface area is 699 Å². The molecule has 40 heteroatoms. The third-order valence-corrected chi connectivity index (χ3v) is 22.4. The van der Waals surface area contributed by atoms with E-state index in [0.717, 1.165) is 83.4 Å². The number of nitrogens with one attached hydrogen (secondary N) is 9. The van der Waals surface area contributed by atoms with Crippen LogP contribution in [0.1, 0.15) is 111 Å². The zero-order valence-electron chi connectivity index (χ0n) is 64.5. The Morgan fingerprint density at radius 3 is 1.88 bits per heavy atom. The van der Waals surface area contributed by atoms with Gasteiger partial charge in [0, 0.05) is 40.7 Å². The largest absolute Gasteiger partial charge is 0.508 e. The number of benzene rings is 7. The molecule has 120 heavy (non-hydrogen) atoms. The minimum absolute atomic E-state index is 0.121. The standard InChI is InChI=1S/C80H88Cl3N10O26P/c1-33(2)20-48(85-5)72(104)92-63-65(99)39-13-18-52(46(82)22-39)115-54-24-41-25-55(69(54)119-79-70(68(102)67(101)56(31-94)117-79)118-58-29-80(4,71(103)34(3)114-58)87-30-35-6-8-36(9-7-35)37-10-15-42(81)16-11-37)116-53-19-14-40(23-47(53)83)66(100)64-78(110)91-62(74(106)86-32-120(111,112)113)45-26-43(95)27-51(97)59(45)44-21-38(12-17-50(44)96)60(75(107)93-64)90-76(108)61(41)89-73(105)49(28-57(84)98)88-77(63)109/h6-19,21-27,33-34,48-49,56,58,60-68,70-71,79,85,87,94-97,99-103H,20,28-32H2,1-5H3,(H2,84,98)(H,86,106)(H,88,109)(H,89,105)(H,90,108)(H,91,110)(H,92,104)(H,93,107)(H2,111,112,113)/t34-,48?,49?,56+,58-,60?,61?,62?,63?,64?,65?,66?,67+,68-,70+,71+,79-,80-/m0/s1. The fraction of sp³-hybridized carbons (Fsp3) is 0.375. The Balaban J connectivity index is 1.04. The predicted molar refractivity (Wildman–Crippen MR) is 426 cm³/mol. The molecule has 2 saturated heterocycles. The highest BCUT2D eigenvalue weighted by molar-refractivity contribution is 7.51. The number of hydrogen-bond acceptors (Lipinski definition) is 26. The van der Waals surface area contributed by atoms with Gasteiger partial charge >= 0.3 is 7.60 Å². The summed E-state index contributed by atoms with van der Waals surface area (Å²) in [5.41, 5.74) is 3.99. The van der Waals surface area contributed by atoms with E-state index in [1.165, 1.54) is 19.2 Å². The number of amides is 8. The van der Waals surface area contributed by atoms with Crippen LogP contribution in [0.4, 0.5) is 0 Å². The number of phenols is 3. The van der Waals surface area contributed by atoms with Gasteiger partial charge in [-0.15, -0.1) is 0 Å². The van der Waals surface area contributed by atoms with Crippen LogP contribution >= 0.6 is 42.4 Å². The van der Waals surface area contributed by atoms with Crippen molar-refractivity contribution in [2.45, 2.75) is 163 Å². The van der Waals surface area contributed by atoms with E-state index in [1.807, 2.05) is 55.6 Å². The summed E-state index contributed by atoms with van der Waals surface area (Å²) in [6, 6.07) is 13.6. The van der Waals surface area contributed by atoms with Gasteiger partial charge in [-0.25, -0.2) is 0 Å². The predicted octanol–water partition coefficient (Wildman–Crippen LogP) is 3.42. The molecule has 9 unspecified atom stereocenters. The number of likely N-dealkylation sites (N-methyl/N-ethyl adjacent to an activating group) is 1. The fourth-order valence-electron chi connectivity index (χ4n) is 14.7. The lowest BCUT2D eigenvalue weighted by Crippen LogP contribution is -2.65. The number of phenolic OH excluding ortho intramolecular Hbond substituents is 3. The Hall–Kier alpha value is -10.3. The number of carbonyl (C=O) groups is 8. The minimum atomic E-state index is -5.12. The number of ether oxygens (including phenoxy) is 6. The Kier molecular flexibility index (Phi) is 27.4. The number of halogens is 3. The normalized spacial score (nSPS) is 26.7. The summed E-state index contributed by atoms with van der Waals surface area (Å²) in [6.45, 7) is 6.08. The second kappa shape index (κ2) is 36.9. The molecule has 22 N–H and O–H groups in total. The van der Waals surface area contributed by atoms with E-state index in [9.17, 15) is 74.7 Å². The molecule has 640 valence electrons. The van der Waals surface area contributed by atoms with E-state index in [1.54, 1.807) is 26.0 Å². The number of aromatic hydroxyl groups is 3. The van der Waals surface area contributed by atoms with Crippen LogP contribution < -0.4 is 67.8 Å². The third-order valence-electron chi connectivity index (χ3n) is 21.0. The van der Waals surface area contributed by atoms with Crippen LogP contribution in [0.15, 0.2) is 127 Å². The maximum absolute atomic E-state index is 16.3. The van der Waals surface area contributed by atoms with Gasteiger partial charge in [-0.05, 0) is 144 Å². The van der Waals surface area contributed by atoms with Crippen molar-refractivity contribution >= 4 is 89.7 Å². The molecule has 0 aromatic heterocycles. The molecule has 7 aliphatic rings. The van der Waals surface area contributed by atoms with Crippen molar-refractivity contribution in [3.63, 3.8) is 0 Å². The van der Waals surface area contributed by atoms with Crippen molar-refractivity contribution in [3.05, 3.63) is 176 Å². The first-order chi connectivity index (χ1) is 56.8. The van der Waals surface area contributed by atoms with Gasteiger partial charge in [0.15, 0.2) is 23.9 Å². The van der Waals surface area contributed by atoms with E-state index in [-0.39, 0.29) is 47.2 Å². The first-order valence-electron chi connectivity index (χ1n) is 37.7. The number of aliphatic hydroxyl groups excluding tert-OH is 6. The third kappa shape index (κ3) is 20.0. The van der Waals surface area contributed by atoms with Crippen LogP contribution in [0, 0.1) is 5.92 Å². The smallest absolute Gasteiger partial charge is 0.344 e. The number of primary amides is 1. The number of aliphatic hydroxyl groups is 6. The molecule has 7 aromatic rings. The van der Waals surface area contributed by atoms with Gasteiger partial charge in [0.25, 0.3) is 0 Å². The zero-order chi connectivity index (χ0) is 86.8. The highest BCUT2D eigenvalue weighted by Crippen LogP contribution is 2.50. The maximum Gasteiger partial charge on any atom is 0.344 e. The number of nitrogens with two attached hydrogens (primary N) is 1. The van der Waals surface area contributed by atoms with E-state index in [2.05, 4.69) is 42.5 Å². The van der Waals surface area contributed by atoms with Gasteiger partial charge < -0.3 is 138 Å². The SMILES string of the molecule is CNC(CC(C)C)C(=O)NC1C(=O)NC(CC(N)=O)C(=O)NC2C(=O)NC3C(=O)NC(C(=O)NC(C(=O)NCP(=O)(O)O)c4cc(O)cc(O)c4-c4cc3ccc4O)C(O)c3ccc(c(Cl)c3)Oc3cc2cc(c3O[C@@H]2O[C@H](CO)[C@@H](O)[C@H](O)[C@H]2O[C@H]2C[C@](C)(NCc3ccc(-c4ccc(Cl)cc4)cc3)[C@H](O)[C@H](C)O2)Oc2ccc(cc2Cl)C1O. The highest BCUT2D eigenvalue weighted by Gasteiger charge is 2.52. The van der Waals surface area contributed by atoms with Crippen molar-refractivity contribution in [1.29, 1.82) is 0 Å². The average Bonchev–Trinajstić information content (AvgIpc) is 0.750. The van der Waals surface area contributed by atoms with Crippen LogP contribution in [-0.4, -0.2) is 202 Å². The lowest BCUT2D eigenvalue weighted by Gasteiger charge is -2.48. The first-order valence-corrected chi connectivity index (χ1v) is 40.6. The van der Waals surface area contributed by atoms with Crippen molar-refractivity contribution in [1.82, 2.24) is 47.9 Å². The molecular formula is C80H88Cl3N10O26P. The summed E-state index contributed by atoms with van der Waals surface area (Å²) in [6.07, 6.45) is -20.3. The van der Waals surface area contributed by atoms with Gasteiger partial charge in [0.05, 0.1) is 41.3 Å². The van der Waals surface area contributed by atoms with Crippen LogP contribution in [0.2, 0.25) is 15.1 Å². The summed E-state index contributed by atoms with van der Waals surface area (Å²) in [7, 11) is -3.65. The molecular weight excluding hydrogens is 1650 g/mol. The molecule has 7 aromatic carbocycles. The summed E-state index contributed by atoms with van der Waals surface area (Å²) >= 11 is 20.5. The lowest BCUT2D eigenvalue weighted by atomic mass is 9.84. The Morgan fingerprint density at radius 2 is 1.27 bits per heavy atom. The van der Waals surface area contributed by atoms with Crippen molar-refractivity contribution in [3.8, 4) is 68.2 Å². The van der Waals surface area contributed by atoms with Gasteiger partial charge in [0.2, 0.25) is 59.3 Å². The summed E-state index contributed by atoms with van der Waals surface area (Å²) < 4.78 is 51.7. The second-order valence-corrected chi connectivity index (χ2v) is 33.1. The lowest BCUT2D eigenvalue weighted by molar-refractivity contribution is -0.334. The summed E-state index contributed by atoms with van der Waals surface area (Å²) in [5.74, 6) is -16.2.